The van der Waals surface area contributed by atoms with Gasteiger partial charge in [0.15, 0.2) is 5.69 Å². The van der Waals surface area contributed by atoms with Gasteiger partial charge in [-0.05, 0) is 43.7 Å². The molecule has 1 aromatic carbocycles. The second-order valence-electron chi connectivity index (χ2n) is 8.01. The summed E-state index contributed by atoms with van der Waals surface area (Å²) in [6.07, 6.45) is -3.21. The Morgan fingerprint density at radius 3 is 2.62 bits per heavy atom. The molecule has 0 N–H and O–H groups in total. The van der Waals surface area contributed by atoms with E-state index in [9.17, 15) is 22.4 Å². The average molecular weight is 487 g/mol. The molecule has 0 fully saturated rings. The molecule has 5 nitrogen and oxygen atoms in total. The first-order valence-electron chi connectivity index (χ1n) is 10.3. The molecule has 5 rings (SSSR count). The second kappa shape index (κ2) is 8.06. The van der Waals surface area contributed by atoms with E-state index in [0.29, 0.717) is 35.6 Å². The normalized spacial score (nSPS) is 18.7. The topological polar surface area (TPSA) is 59.0 Å². The van der Waals surface area contributed by atoms with Gasteiger partial charge in [0.1, 0.15) is 17.7 Å². The molecule has 0 radical (unpaired) electrons. The van der Waals surface area contributed by atoms with E-state index in [1.165, 1.54) is 23.1 Å². The van der Waals surface area contributed by atoms with Gasteiger partial charge in [0.05, 0.1) is 22.0 Å². The van der Waals surface area contributed by atoms with Crippen molar-refractivity contribution in [3.8, 4) is 23.1 Å². The zero-order valence-corrected chi connectivity index (χ0v) is 18.4. The number of pyridine rings is 1. The van der Waals surface area contributed by atoms with Crippen LogP contribution in [0.2, 0.25) is 5.02 Å². The summed E-state index contributed by atoms with van der Waals surface area (Å²) in [6.45, 7) is 1.69. The van der Waals surface area contributed by atoms with Crippen LogP contribution in [0.15, 0.2) is 36.5 Å². The van der Waals surface area contributed by atoms with E-state index in [2.05, 4.69) is 26.8 Å². The number of amides is 1. The van der Waals surface area contributed by atoms with E-state index in [4.69, 9.17) is 11.6 Å². The number of hydrogen-bond acceptors (Lipinski definition) is 4. The Morgan fingerprint density at radius 2 is 1.91 bits per heavy atom. The van der Waals surface area contributed by atoms with Crippen LogP contribution in [-0.2, 0) is 12.6 Å². The first-order valence-corrected chi connectivity index (χ1v) is 10.7. The van der Waals surface area contributed by atoms with E-state index in [0.717, 1.165) is 11.8 Å². The smallest absolute Gasteiger partial charge is 0.315 e. The van der Waals surface area contributed by atoms with Crippen molar-refractivity contribution in [2.24, 2.45) is 0 Å². The van der Waals surface area contributed by atoms with Gasteiger partial charge in [0.25, 0.3) is 5.91 Å². The summed E-state index contributed by atoms with van der Waals surface area (Å²) in [4.78, 5) is 27.3. The molecule has 0 saturated carbocycles. The Labute approximate surface area is 196 Å². The van der Waals surface area contributed by atoms with Crippen LogP contribution in [-0.4, -0.2) is 31.8 Å². The van der Waals surface area contributed by atoms with Crippen LogP contribution in [0.3, 0.4) is 0 Å². The lowest BCUT2D eigenvalue weighted by molar-refractivity contribution is -0.141. The minimum atomic E-state index is -4.80. The first-order chi connectivity index (χ1) is 16.1. The molecule has 4 heterocycles. The van der Waals surface area contributed by atoms with Crippen molar-refractivity contribution in [3.05, 3.63) is 75.7 Å². The Hall–Kier alpha value is -3.51. The predicted molar refractivity (Wildman–Crippen MR) is 115 cm³/mol. The fourth-order valence-electron chi connectivity index (χ4n) is 4.38. The molecule has 2 aromatic heterocycles. The van der Waals surface area contributed by atoms with E-state index in [-0.39, 0.29) is 11.4 Å². The molecule has 1 amide bonds. The maximum atomic E-state index is 13.5. The highest BCUT2D eigenvalue weighted by Gasteiger charge is 2.43. The molecule has 0 aliphatic carbocycles. The highest BCUT2D eigenvalue weighted by atomic mass is 35.5. The molecule has 172 valence electrons. The van der Waals surface area contributed by atoms with Crippen molar-refractivity contribution >= 4 is 17.5 Å². The quantitative estimate of drug-likeness (QED) is 0.370. The monoisotopic (exact) mass is 486 g/mol. The average Bonchev–Trinajstić information content (AvgIpc) is 2.78. The fraction of sp³-hybridized carbons (Fsp3) is 0.250. The van der Waals surface area contributed by atoms with Gasteiger partial charge in [-0.1, -0.05) is 23.4 Å². The van der Waals surface area contributed by atoms with Gasteiger partial charge in [0.2, 0.25) is 0 Å². The number of benzene rings is 1. The van der Waals surface area contributed by atoms with Crippen LogP contribution in [0.5, 0.6) is 0 Å². The number of hydrogen-bond donors (Lipinski definition) is 0. The van der Waals surface area contributed by atoms with E-state index in [1.54, 1.807) is 19.1 Å². The highest BCUT2D eigenvalue weighted by Crippen LogP contribution is 2.41. The molecule has 2 aliphatic rings. The van der Waals surface area contributed by atoms with Gasteiger partial charge in [-0.25, -0.2) is 14.4 Å². The molecule has 0 unspecified atom stereocenters. The summed E-state index contributed by atoms with van der Waals surface area (Å²) < 4.78 is 53.4. The molecule has 10 heteroatoms. The van der Waals surface area contributed by atoms with Crippen LogP contribution in [0.1, 0.15) is 45.6 Å². The zero-order valence-electron chi connectivity index (χ0n) is 17.6. The molecule has 2 atom stereocenters. The number of aromatic nitrogens is 3. The number of nitrogens with zero attached hydrogens (tertiary/aromatic N) is 4. The molecule has 3 aromatic rings. The van der Waals surface area contributed by atoms with Gasteiger partial charge in [-0.2, -0.15) is 13.2 Å². The minimum Gasteiger partial charge on any atom is -0.315 e. The van der Waals surface area contributed by atoms with Crippen molar-refractivity contribution < 1.29 is 22.4 Å². The number of aryl methyl sites for hydroxylation is 1. The van der Waals surface area contributed by atoms with Crippen LogP contribution in [0.4, 0.5) is 17.6 Å². The lowest BCUT2D eigenvalue weighted by Gasteiger charge is -2.42. The maximum Gasteiger partial charge on any atom is 0.434 e. The number of rotatable bonds is 2. The zero-order chi connectivity index (χ0) is 24.2. The fourth-order valence-corrected chi connectivity index (χ4v) is 4.68. The summed E-state index contributed by atoms with van der Waals surface area (Å²) >= 11 is 5.99. The van der Waals surface area contributed by atoms with E-state index >= 15 is 0 Å². The van der Waals surface area contributed by atoms with Gasteiger partial charge in [-0.15, -0.1) is 0 Å². The second-order valence-corrected chi connectivity index (χ2v) is 8.39. The van der Waals surface area contributed by atoms with Gasteiger partial charge >= 0.3 is 6.18 Å². The highest BCUT2D eigenvalue weighted by molar-refractivity contribution is 6.34. The third kappa shape index (κ3) is 3.68. The Bertz CT molecular complexity index is 1380. The number of alkyl halides is 3. The van der Waals surface area contributed by atoms with Gasteiger partial charge in [-0.3, -0.25) is 9.78 Å². The van der Waals surface area contributed by atoms with Crippen molar-refractivity contribution in [2.45, 2.75) is 38.0 Å². The minimum absolute atomic E-state index is 0.296. The summed E-state index contributed by atoms with van der Waals surface area (Å²) in [5.74, 6) is 5.41. The number of halogens is 5. The van der Waals surface area contributed by atoms with Crippen molar-refractivity contribution in [3.63, 3.8) is 0 Å². The van der Waals surface area contributed by atoms with E-state index in [1.807, 2.05) is 0 Å². The van der Waals surface area contributed by atoms with Crippen molar-refractivity contribution in [2.75, 3.05) is 0 Å². The van der Waals surface area contributed by atoms with Gasteiger partial charge in [0, 0.05) is 29.8 Å². The van der Waals surface area contributed by atoms with Crippen LogP contribution < -0.4 is 0 Å². The molecule has 0 saturated heterocycles. The standard InChI is InChI=1S/C24H15ClF4N4O/c1-12-31-20(13-5-7-14(26)8-6-13)17-11-15-3-2-4-18(21(17)32-12)33(15)23(34)16-9-10-30-22(19(16)25)24(27,28)29/h5-10,15,18H,3,11H2,1H3/t15-,18+/m1/s1. The Balaban J connectivity index is 1.61. The summed E-state index contributed by atoms with van der Waals surface area (Å²) in [7, 11) is 0. The summed E-state index contributed by atoms with van der Waals surface area (Å²) in [5.41, 5.74) is 0.989. The SMILES string of the molecule is Cc1nc(-c2ccc(F)cc2)c2c(n1)[C@@H]1C#CC[C@H](C2)N1C(=O)c1ccnc(C(F)(F)F)c1Cl. The molecule has 0 spiro atoms. The molecule has 2 aliphatic heterocycles. The Morgan fingerprint density at radius 1 is 1.18 bits per heavy atom. The molecule has 2 bridgehead atoms. The van der Waals surface area contributed by atoms with Crippen LogP contribution in [0.25, 0.3) is 11.3 Å². The van der Waals surface area contributed by atoms with E-state index < -0.39 is 34.9 Å². The lowest BCUT2D eigenvalue weighted by atomic mass is 9.85. The third-order valence-electron chi connectivity index (χ3n) is 5.84. The third-order valence-corrected chi connectivity index (χ3v) is 6.22. The van der Waals surface area contributed by atoms with Crippen LogP contribution >= 0.6 is 11.6 Å². The summed E-state index contributed by atoms with van der Waals surface area (Å²) in [5, 5.41) is -0.748. The maximum absolute atomic E-state index is 13.5. The molecular weight excluding hydrogens is 472 g/mol. The lowest BCUT2D eigenvalue weighted by Crippen LogP contribution is -2.49. The molecule has 34 heavy (non-hydrogen) atoms. The predicted octanol–water partition coefficient (Wildman–Crippen LogP) is 5.17. The van der Waals surface area contributed by atoms with Crippen molar-refractivity contribution in [1.82, 2.24) is 19.9 Å². The Kier molecular flexibility index (Phi) is 5.29. The number of carbonyl (C=O) groups excluding carboxylic acids is 1. The number of carbonyl (C=O) groups is 1. The molecular formula is C24H15ClF4N4O. The first kappa shape index (κ1) is 22.3. The summed E-state index contributed by atoms with van der Waals surface area (Å²) in [6, 6.07) is 5.88. The van der Waals surface area contributed by atoms with Crippen LogP contribution in [0, 0.1) is 24.6 Å². The largest absolute Gasteiger partial charge is 0.434 e. The van der Waals surface area contributed by atoms with Crippen molar-refractivity contribution in [1.29, 1.82) is 0 Å². The van der Waals surface area contributed by atoms with Gasteiger partial charge < -0.3 is 4.90 Å². The number of fused-ring (bicyclic) bond motifs is 4.